The van der Waals surface area contributed by atoms with Crippen LogP contribution in [0.5, 0.6) is 0 Å². The largest absolute Gasteiger partial charge is 0.342 e. The van der Waals surface area contributed by atoms with Gasteiger partial charge in [0.15, 0.2) is 0 Å². The molecule has 2 amide bonds. The lowest BCUT2D eigenvalue weighted by Crippen LogP contribution is -2.41. The molecule has 0 radical (unpaired) electrons. The molecule has 6 nitrogen and oxygen atoms in total. The number of carbonyl (C=O) groups is 2. The molecule has 1 atom stereocenters. The molecular formula is C18H24N4O2. The van der Waals surface area contributed by atoms with Crippen molar-refractivity contribution in [1.29, 1.82) is 0 Å². The second kappa shape index (κ2) is 6.42. The van der Waals surface area contributed by atoms with Crippen LogP contribution in [0.2, 0.25) is 0 Å². The third-order valence-corrected chi connectivity index (χ3v) is 5.39. The van der Waals surface area contributed by atoms with Gasteiger partial charge in [0.1, 0.15) is 5.82 Å². The highest BCUT2D eigenvalue weighted by molar-refractivity contribution is 5.80. The van der Waals surface area contributed by atoms with Crippen molar-refractivity contribution in [2.45, 2.75) is 38.8 Å². The summed E-state index contributed by atoms with van der Waals surface area (Å²) in [6.45, 7) is 3.71. The third kappa shape index (κ3) is 2.97. The molecule has 0 spiro atoms. The van der Waals surface area contributed by atoms with Gasteiger partial charge >= 0.3 is 0 Å². The summed E-state index contributed by atoms with van der Waals surface area (Å²) in [6, 6.07) is 0. The number of carbonyl (C=O) groups excluding carboxylic acids is 2. The Labute approximate surface area is 142 Å². The van der Waals surface area contributed by atoms with Crippen LogP contribution >= 0.6 is 0 Å². The SMILES string of the molecule is O=C1CCCN1C[C@@H]1CN(C(=O)C2CC=CC2)Cc2nccn2C1. The van der Waals surface area contributed by atoms with E-state index in [4.69, 9.17) is 0 Å². The summed E-state index contributed by atoms with van der Waals surface area (Å²) in [6.07, 6.45) is 11.3. The zero-order chi connectivity index (χ0) is 16.5. The predicted octanol–water partition coefficient (Wildman–Crippen LogP) is 1.43. The number of fused-ring (bicyclic) bond motifs is 1. The third-order valence-electron chi connectivity index (χ3n) is 5.39. The van der Waals surface area contributed by atoms with E-state index in [0.29, 0.717) is 19.5 Å². The first kappa shape index (κ1) is 15.4. The fourth-order valence-electron chi connectivity index (χ4n) is 4.11. The van der Waals surface area contributed by atoms with Crippen molar-refractivity contribution < 1.29 is 9.59 Å². The minimum absolute atomic E-state index is 0.0839. The van der Waals surface area contributed by atoms with Gasteiger partial charge in [0.25, 0.3) is 0 Å². The molecule has 4 rings (SSSR count). The van der Waals surface area contributed by atoms with Crippen LogP contribution < -0.4 is 0 Å². The summed E-state index contributed by atoms with van der Waals surface area (Å²) in [4.78, 5) is 33.2. The lowest BCUT2D eigenvalue weighted by molar-refractivity contribution is -0.136. The number of imidazole rings is 1. The Morgan fingerprint density at radius 1 is 1.25 bits per heavy atom. The van der Waals surface area contributed by atoms with Gasteiger partial charge < -0.3 is 14.4 Å². The number of allylic oxidation sites excluding steroid dienone is 2. The van der Waals surface area contributed by atoms with Gasteiger partial charge in [-0.1, -0.05) is 12.2 Å². The van der Waals surface area contributed by atoms with Gasteiger partial charge in [-0.25, -0.2) is 4.98 Å². The minimum atomic E-state index is 0.0839. The first-order valence-electron chi connectivity index (χ1n) is 8.92. The number of hydrogen-bond donors (Lipinski definition) is 0. The van der Waals surface area contributed by atoms with E-state index in [0.717, 1.165) is 44.7 Å². The number of amides is 2. The molecule has 0 unspecified atom stereocenters. The molecule has 3 heterocycles. The number of rotatable bonds is 3. The van der Waals surface area contributed by atoms with Gasteiger partial charge in [-0.15, -0.1) is 0 Å². The molecular weight excluding hydrogens is 304 g/mol. The first-order valence-corrected chi connectivity index (χ1v) is 8.92. The first-order chi connectivity index (χ1) is 11.7. The van der Waals surface area contributed by atoms with Crippen LogP contribution in [-0.2, 0) is 22.7 Å². The van der Waals surface area contributed by atoms with Crippen molar-refractivity contribution in [2.24, 2.45) is 11.8 Å². The van der Waals surface area contributed by atoms with Crippen molar-refractivity contribution in [3.8, 4) is 0 Å². The number of nitrogens with zero attached hydrogens (tertiary/aromatic N) is 4. The van der Waals surface area contributed by atoms with Crippen LogP contribution in [-0.4, -0.2) is 50.8 Å². The van der Waals surface area contributed by atoms with Crippen LogP contribution in [0.1, 0.15) is 31.5 Å². The van der Waals surface area contributed by atoms with Gasteiger partial charge in [-0.2, -0.15) is 0 Å². The summed E-state index contributed by atoms with van der Waals surface area (Å²) in [5, 5.41) is 0. The molecule has 3 aliphatic rings. The van der Waals surface area contributed by atoms with E-state index in [2.05, 4.69) is 21.7 Å². The van der Waals surface area contributed by atoms with Crippen molar-refractivity contribution in [2.75, 3.05) is 19.6 Å². The molecule has 6 heteroatoms. The molecule has 1 aromatic rings. The van der Waals surface area contributed by atoms with Gasteiger partial charge in [-0.3, -0.25) is 9.59 Å². The van der Waals surface area contributed by atoms with E-state index in [1.165, 1.54) is 0 Å². The molecule has 0 saturated carbocycles. The maximum Gasteiger partial charge on any atom is 0.226 e. The standard InChI is InChI=1S/C18H24N4O2/c23-17-6-3-8-21(17)11-14-10-20-9-7-19-16(20)13-22(12-14)18(24)15-4-1-2-5-15/h1-2,7,9,14-15H,3-6,8,10-13H2/t14-/m1/s1. The number of hydrogen-bond acceptors (Lipinski definition) is 3. The van der Waals surface area contributed by atoms with E-state index in [1.54, 1.807) is 6.20 Å². The maximum absolute atomic E-state index is 12.9. The van der Waals surface area contributed by atoms with Crippen LogP contribution in [0.3, 0.4) is 0 Å². The fraction of sp³-hybridized carbons (Fsp3) is 0.611. The number of likely N-dealkylation sites (tertiary alicyclic amines) is 1. The van der Waals surface area contributed by atoms with Crippen LogP contribution in [0, 0.1) is 11.8 Å². The zero-order valence-corrected chi connectivity index (χ0v) is 13.9. The van der Waals surface area contributed by atoms with Crippen LogP contribution in [0.25, 0.3) is 0 Å². The quantitative estimate of drug-likeness (QED) is 0.789. The molecule has 0 bridgehead atoms. The summed E-state index contributed by atoms with van der Waals surface area (Å²) < 4.78 is 2.14. The maximum atomic E-state index is 12.9. The van der Waals surface area contributed by atoms with Crippen LogP contribution in [0.4, 0.5) is 0 Å². The summed E-state index contributed by atoms with van der Waals surface area (Å²) in [5.74, 6) is 1.78. The Balaban J connectivity index is 1.51. The number of aromatic nitrogens is 2. The molecule has 24 heavy (non-hydrogen) atoms. The summed E-state index contributed by atoms with van der Waals surface area (Å²) in [7, 11) is 0. The fourth-order valence-corrected chi connectivity index (χ4v) is 4.11. The Morgan fingerprint density at radius 2 is 2.08 bits per heavy atom. The Hall–Kier alpha value is -2.11. The lowest BCUT2D eigenvalue weighted by atomic mass is 10.0. The van der Waals surface area contributed by atoms with Crippen LogP contribution in [0.15, 0.2) is 24.5 Å². The second-order valence-corrected chi connectivity index (χ2v) is 7.16. The molecule has 0 N–H and O–H groups in total. The highest BCUT2D eigenvalue weighted by Gasteiger charge is 2.32. The van der Waals surface area contributed by atoms with E-state index in [1.807, 2.05) is 16.0 Å². The predicted molar refractivity (Wildman–Crippen MR) is 88.8 cm³/mol. The van der Waals surface area contributed by atoms with Crippen molar-refractivity contribution in [3.63, 3.8) is 0 Å². The Bertz CT molecular complexity index is 658. The average Bonchev–Trinajstić information content (AvgIpc) is 3.29. The lowest BCUT2D eigenvalue weighted by Gasteiger charge is -2.29. The zero-order valence-electron chi connectivity index (χ0n) is 13.9. The van der Waals surface area contributed by atoms with Gasteiger partial charge in [0, 0.05) is 56.8 Å². The molecule has 1 fully saturated rings. The molecule has 128 valence electrons. The summed E-state index contributed by atoms with van der Waals surface area (Å²) in [5.41, 5.74) is 0. The molecule has 0 aromatic carbocycles. The van der Waals surface area contributed by atoms with Gasteiger partial charge in [0.05, 0.1) is 6.54 Å². The highest BCUT2D eigenvalue weighted by Crippen LogP contribution is 2.25. The normalized spacial score (nSPS) is 24.5. The van der Waals surface area contributed by atoms with E-state index >= 15 is 0 Å². The van der Waals surface area contributed by atoms with Crippen molar-refractivity contribution in [3.05, 3.63) is 30.4 Å². The summed E-state index contributed by atoms with van der Waals surface area (Å²) >= 11 is 0. The molecule has 2 aliphatic heterocycles. The Kier molecular flexibility index (Phi) is 4.12. The smallest absolute Gasteiger partial charge is 0.226 e. The highest BCUT2D eigenvalue weighted by atomic mass is 16.2. The van der Waals surface area contributed by atoms with Crippen molar-refractivity contribution in [1.82, 2.24) is 19.4 Å². The topological polar surface area (TPSA) is 58.4 Å². The molecule has 1 saturated heterocycles. The van der Waals surface area contributed by atoms with E-state index in [-0.39, 0.29) is 23.7 Å². The van der Waals surface area contributed by atoms with Crippen molar-refractivity contribution >= 4 is 11.8 Å². The average molecular weight is 328 g/mol. The molecule has 1 aliphatic carbocycles. The second-order valence-electron chi connectivity index (χ2n) is 7.16. The monoisotopic (exact) mass is 328 g/mol. The van der Waals surface area contributed by atoms with E-state index < -0.39 is 0 Å². The minimum Gasteiger partial charge on any atom is -0.342 e. The van der Waals surface area contributed by atoms with Gasteiger partial charge in [-0.05, 0) is 19.3 Å². The molecule has 1 aromatic heterocycles. The van der Waals surface area contributed by atoms with E-state index in [9.17, 15) is 9.59 Å². The van der Waals surface area contributed by atoms with Gasteiger partial charge in [0.2, 0.25) is 11.8 Å². The Morgan fingerprint density at radius 3 is 2.83 bits per heavy atom.